The third kappa shape index (κ3) is 3.58. The molecule has 2 aliphatic carbocycles. The average molecular weight is 416 g/mol. The molecule has 1 aromatic rings. The molecule has 2 aliphatic heterocycles. The van der Waals surface area contributed by atoms with Crippen LogP contribution in [0.4, 0.5) is 0 Å². The molecule has 2 saturated heterocycles. The van der Waals surface area contributed by atoms with Crippen molar-refractivity contribution in [2.24, 2.45) is 5.92 Å². The highest BCUT2D eigenvalue weighted by Crippen LogP contribution is 2.52. The third-order valence-electron chi connectivity index (χ3n) is 7.72. The molecule has 0 unspecified atom stereocenters. The van der Waals surface area contributed by atoms with Crippen molar-refractivity contribution >= 4 is 5.97 Å². The van der Waals surface area contributed by atoms with Gasteiger partial charge in [-0.15, -0.1) is 0 Å². The van der Waals surface area contributed by atoms with Crippen molar-refractivity contribution in [2.45, 2.75) is 94.2 Å². The van der Waals surface area contributed by atoms with Crippen LogP contribution in [-0.4, -0.2) is 42.3 Å². The first-order valence-corrected chi connectivity index (χ1v) is 11.6. The van der Waals surface area contributed by atoms with Crippen molar-refractivity contribution in [1.29, 1.82) is 0 Å². The number of methoxy groups -OCH3 is 1. The predicted molar refractivity (Wildman–Crippen MR) is 110 cm³/mol. The number of rotatable bonds is 4. The van der Waals surface area contributed by atoms with E-state index in [-0.39, 0.29) is 29.8 Å². The van der Waals surface area contributed by atoms with Crippen molar-refractivity contribution in [3.05, 3.63) is 35.9 Å². The molecular formula is C24H33NO5. The lowest BCUT2D eigenvalue weighted by atomic mass is 9.68. The van der Waals surface area contributed by atoms with Crippen LogP contribution in [0.2, 0.25) is 0 Å². The standard InChI is InChI=1S/C24H33NO5/c1-27-23(26)22-19-12-7-8-15-24(19)16-14-21(29-25(24)30-22)28-20-13-6-5-11-18(20)17-9-3-2-4-10-17/h2-4,9-10,18-22H,5-8,11-16H2,1H3/t18-,19+,20+,21-,22-,24-/m0/s1. The molecule has 164 valence electrons. The van der Waals surface area contributed by atoms with E-state index in [1.54, 1.807) is 5.23 Å². The summed E-state index contributed by atoms with van der Waals surface area (Å²) in [6.45, 7) is 0. The predicted octanol–water partition coefficient (Wildman–Crippen LogP) is 4.50. The van der Waals surface area contributed by atoms with Crippen molar-refractivity contribution in [3.63, 3.8) is 0 Å². The Morgan fingerprint density at radius 2 is 1.80 bits per heavy atom. The van der Waals surface area contributed by atoms with Crippen LogP contribution >= 0.6 is 0 Å². The summed E-state index contributed by atoms with van der Waals surface area (Å²) >= 11 is 0. The van der Waals surface area contributed by atoms with Gasteiger partial charge in [0.25, 0.3) is 0 Å². The summed E-state index contributed by atoms with van der Waals surface area (Å²) in [5.74, 6) is 0.240. The first-order valence-electron chi connectivity index (χ1n) is 11.6. The van der Waals surface area contributed by atoms with Gasteiger partial charge in [-0.1, -0.05) is 61.2 Å². The zero-order valence-corrected chi connectivity index (χ0v) is 17.8. The SMILES string of the molecule is COC(=O)[C@H]1ON2O[C@H](O[C@@H]3CCCC[C@H]3c3ccccc3)CC[C@]23CCCC[C@H]13. The van der Waals surface area contributed by atoms with Gasteiger partial charge in [-0.3, -0.25) is 4.84 Å². The van der Waals surface area contributed by atoms with Crippen LogP contribution < -0.4 is 0 Å². The molecule has 30 heavy (non-hydrogen) atoms. The van der Waals surface area contributed by atoms with Crippen LogP contribution in [0.3, 0.4) is 0 Å². The van der Waals surface area contributed by atoms with E-state index in [0.29, 0.717) is 5.92 Å². The molecule has 4 fully saturated rings. The number of hydrogen-bond acceptors (Lipinski definition) is 6. The van der Waals surface area contributed by atoms with Gasteiger partial charge in [0.05, 0.1) is 18.8 Å². The van der Waals surface area contributed by atoms with Gasteiger partial charge in [0, 0.05) is 18.3 Å². The Hall–Kier alpha value is -1.47. The number of benzene rings is 1. The van der Waals surface area contributed by atoms with Crippen LogP contribution in [0.15, 0.2) is 30.3 Å². The summed E-state index contributed by atoms with van der Waals surface area (Å²) in [7, 11) is 1.43. The largest absolute Gasteiger partial charge is 0.467 e. The van der Waals surface area contributed by atoms with E-state index < -0.39 is 6.10 Å². The van der Waals surface area contributed by atoms with Gasteiger partial charge in [-0.05, 0) is 37.7 Å². The van der Waals surface area contributed by atoms with Crippen molar-refractivity contribution in [2.75, 3.05) is 7.11 Å². The normalized spacial score (nSPS) is 39.2. The zero-order chi connectivity index (χ0) is 20.6. The fourth-order valence-electron chi connectivity index (χ4n) is 6.20. The van der Waals surface area contributed by atoms with Crippen LogP contribution in [0.25, 0.3) is 0 Å². The summed E-state index contributed by atoms with van der Waals surface area (Å²) < 4.78 is 11.6. The van der Waals surface area contributed by atoms with E-state index >= 15 is 0 Å². The summed E-state index contributed by atoms with van der Waals surface area (Å²) in [5.41, 5.74) is 1.13. The second kappa shape index (κ2) is 8.58. The van der Waals surface area contributed by atoms with Crippen LogP contribution in [-0.2, 0) is 23.9 Å². The van der Waals surface area contributed by atoms with Gasteiger partial charge >= 0.3 is 5.97 Å². The number of hydroxylamine groups is 2. The lowest BCUT2D eigenvalue weighted by Crippen LogP contribution is -2.55. The molecule has 6 nitrogen and oxygen atoms in total. The summed E-state index contributed by atoms with van der Waals surface area (Å²) in [5, 5.41) is 1.65. The summed E-state index contributed by atoms with van der Waals surface area (Å²) in [6, 6.07) is 10.7. The second-order valence-electron chi connectivity index (χ2n) is 9.31. The molecule has 0 aromatic heterocycles. The van der Waals surface area contributed by atoms with Crippen molar-refractivity contribution < 1.29 is 23.9 Å². The van der Waals surface area contributed by atoms with Crippen molar-refractivity contribution in [3.8, 4) is 0 Å². The Kier molecular flexibility index (Phi) is 5.84. The number of esters is 1. The monoisotopic (exact) mass is 415 g/mol. The first-order chi connectivity index (χ1) is 14.7. The number of hydrogen-bond donors (Lipinski definition) is 0. The molecule has 6 atom stereocenters. The molecular weight excluding hydrogens is 382 g/mol. The quantitative estimate of drug-likeness (QED) is 0.675. The van der Waals surface area contributed by atoms with Crippen molar-refractivity contribution in [1.82, 2.24) is 5.23 Å². The lowest BCUT2D eigenvalue weighted by Gasteiger charge is -2.47. The van der Waals surface area contributed by atoms with E-state index in [1.807, 2.05) is 0 Å². The maximum atomic E-state index is 12.3. The number of carbonyl (C=O) groups excluding carboxylic acids is 1. The van der Waals surface area contributed by atoms with E-state index in [1.165, 1.54) is 25.5 Å². The third-order valence-corrected chi connectivity index (χ3v) is 7.72. The highest BCUT2D eigenvalue weighted by atomic mass is 17.0. The van der Waals surface area contributed by atoms with Gasteiger partial charge in [0.15, 0.2) is 12.4 Å². The molecule has 4 aliphatic rings. The zero-order valence-electron chi connectivity index (χ0n) is 17.8. The highest BCUT2D eigenvalue weighted by Gasteiger charge is 2.61. The Morgan fingerprint density at radius 1 is 1.00 bits per heavy atom. The smallest absolute Gasteiger partial charge is 0.337 e. The highest BCUT2D eigenvalue weighted by molar-refractivity contribution is 5.75. The fraction of sp³-hybridized carbons (Fsp3) is 0.708. The molecule has 0 amide bonds. The molecule has 0 bridgehead atoms. The summed E-state index contributed by atoms with van der Waals surface area (Å²) in [6.07, 6.45) is 9.89. The molecule has 2 heterocycles. The topological polar surface area (TPSA) is 57.2 Å². The van der Waals surface area contributed by atoms with Gasteiger partial charge in [-0.25, -0.2) is 9.63 Å². The van der Waals surface area contributed by atoms with Crippen LogP contribution in [0.5, 0.6) is 0 Å². The Balaban J connectivity index is 1.30. The molecule has 5 rings (SSSR count). The van der Waals surface area contributed by atoms with Gasteiger partial charge in [-0.2, -0.15) is 0 Å². The molecule has 0 radical (unpaired) electrons. The molecule has 6 heteroatoms. The lowest BCUT2D eigenvalue weighted by molar-refractivity contribution is -0.458. The van der Waals surface area contributed by atoms with E-state index in [9.17, 15) is 4.79 Å². The van der Waals surface area contributed by atoms with E-state index in [4.69, 9.17) is 19.1 Å². The van der Waals surface area contributed by atoms with Crippen LogP contribution in [0, 0.1) is 5.92 Å². The average Bonchev–Trinajstić information content (AvgIpc) is 3.14. The number of nitrogens with zero attached hydrogens (tertiary/aromatic N) is 1. The second-order valence-corrected chi connectivity index (χ2v) is 9.31. The minimum atomic E-state index is -0.569. The Morgan fingerprint density at radius 3 is 2.63 bits per heavy atom. The molecule has 0 N–H and O–H groups in total. The number of ether oxygens (including phenoxy) is 2. The molecule has 1 spiro atoms. The number of carbonyl (C=O) groups is 1. The van der Waals surface area contributed by atoms with E-state index in [2.05, 4.69) is 30.3 Å². The molecule has 2 saturated carbocycles. The van der Waals surface area contributed by atoms with Gasteiger partial charge < -0.3 is 9.47 Å². The van der Waals surface area contributed by atoms with Gasteiger partial charge in [0.1, 0.15) is 0 Å². The maximum Gasteiger partial charge on any atom is 0.337 e. The fourth-order valence-corrected chi connectivity index (χ4v) is 6.20. The minimum absolute atomic E-state index is 0.131. The van der Waals surface area contributed by atoms with Crippen LogP contribution in [0.1, 0.15) is 75.7 Å². The van der Waals surface area contributed by atoms with E-state index in [0.717, 1.165) is 51.4 Å². The summed E-state index contributed by atoms with van der Waals surface area (Å²) in [4.78, 5) is 24.7. The maximum absolute atomic E-state index is 12.3. The van der Waals surface area contributed by atoms with Gasteiger partial charge in [0.2, 0.25) is 0 Å². The Bertz CT molecular complexity index is 742. The molecule has 1 aromatic carbocycles. The minimum Gasteiger partial charge on any atom is -0.467 e. The Labute approximate surface area is 178 Å². The first kappa shape index (κ1) is 20.4.